The molecule has 1 aliphatic rings. The van der Waals surface area contributed by atoms with Crippen molar-refractivity contribution in [1.29, 1.82) is 0 Å². The molecule has 0 spiro atoms. The zero-order valence-electron chi connectivity index (χ0n) is 11.6. The average molecular weight is 285 g/mol. The van der Waals surface area contributed by atoms with E-state index in [1.54, 1.807) is 48.8 Å². The lowest BCUT2D eigenvalue weighted by Crippen LogP contribution is -2.20. The van der Waals surface area contributed by atoms with Crippen molar-refractivity contribution in [3.8, 4) is 11.1 Å². The lowest BCUT2D eigenvalue weighted by Gasteiger charge is -2.18. The molecule has 0 fully saturated rings. The Morgan fingerprint density at radius 1 is 0.636 bits per heavy atom. The minimum absolute atomic E-state index is 0.0945. The third-order valence-electron chi connectivity index (χ3n) is 3.92. The number of aromatic nitrogens is 1. The van der Waals surface area contributed by atoms with Crippen molar-refractivity contribution in [2.45, 2.75) is 0 Å². The van der Waals surface area contributed by atoms with Gasteiger partial charge in [0.2, 0.25) is 0 Å². The van der Waals surface area contributed by atoms with Crippen LogP contribution in [-0.4, -0.2) is 16.6 Å². The van der Waals surface area contributed by atoms with Gasteiger partial charge in [-0.3, -0.25) is 14.6 Å². The van der Waals surface area contributed by atoms with E-state index >= 15 is 0 Å². The fourth-order valence-corrected chi connectivity index (χ4v) is 2.81. The van der Waals surface area contributed by atoms with Crippen LogP contribution in [0.15, 0.2) is 67.0 Å². The minimum atomic E-state index is -0.101. The number of pyridine rings is 1. The van der Waals surface area contributed by atoms with Crippen molar-refractivity contribution >= 4 is 11.6 Å². The second-order valence-electron chi connectivity index (χ2n) is 5.21. The molecule has 4 rings (SSSR count). The molecule has 1 aliphatic carbocycles. The summed E-state index contributed by atoms with van der Waals surface area (Å²) in [5.74, 6) is -0.195. The van der Waals surface area contributed by atoms with E-state index in [1.807, 2.05) is 18.2 Å². The van der Waals surface area contributed by atoms with Crippen molar-refractivity contribution in [1.82, 2.24) is 4.98 Å². The van der Waals surface area contributed by atoms with Gasteiger partial charge in [0.1, 0.15) is 0 Å². The molecule has 0 atom stereocenters. The van der Waals surface area contributed by atoms with E-state index in [2.05, 4.69) is 4.98 Å². The molecule has 3 nitrogen and oxygen atoms in total. The van der Waals surface area contributed by atoms with Crippen LogP contribution in [0.2, 0.25) is 0 Å². The fourth-order valence-electron chi connectivity index (χ4n) is 2.81. The second kappa shape index (κ2) is 4.74. The van der Waals surface area contributed by atoms with Gasteiger partial charge in [-0.05, 0) is 23.8 Å². The summed E-state index contributed by atoms with van der Waals surface area (Å²) in [6, 6.07) is 16.1. The van der Waals surface area contributed by atoms with Crippen molar-refractivity contribution < 1.29 is 9.59 Å². The fraction of sp³-hybridized carbons (Fsp3) is 0. The maximum atomic E-state index is 12.7. The minimum Gasteiger partial charge on any atom is -0.289 e. The molecule has 0 bridgehead atoms. The van der Waals surface area contributed by atoms with Crippen LogP contribution in [-0.2, 0) is 0 Å². The van der Waals surface area contributed by atoms with Gasteiger partial charge in [0.25, 0.3) is 0 Å². The Kier molecular flexibility index (Phi) is 2.73. The monoisotopic (exact) mass is 285 g/mol. The first-order valence-corrected chi connectivity index (χ1v) is 6.98. The Bertz CT molecular complexity index is 914. The number of nitrogens with zero attached hydrogens (tertiary/aromatic N) is 1. The van der Waals surface area contributed by atoms with Crippen LogP contribution < -0.4 is 0 Å². The van der Waals surface area contributed by atoms with Gasteiger partial charge in [0.15, 0.2) is 11.6 Å². The molecule has 0 N–H and O–H groups in total. The molecule has 1 aromatic heterocycles. The lowest BCUT2D eigenvalue weighted by molar-refractivity contribution is 0.0979. The van der Waals surface area contributed by atoms with Crippen LogP contribution in [0.4, 0.5) is 0 Å². The summed E-state index contributed by atoms with van der Waals surface area (Å²) in [5.41, 5.74) is 3.69. The van der Waals surface area contributed by atoms with E-state index in [9.17, 15) is 9.59 Å². The molecule has 0 aliphatic heterocycles. The summed E-state index contributed by atoms with van der Waals surface area (Å²) in [6.45, 7) is 0. The van der Waals surface area contributed by atoms with Gasteiger partial charge < -0.3 is 0 Å². The topological polar surface area (TPSA) is 47.0 Å². The van der Waals surface area contributed by atoms with Gasteiger partial charge in [-0.1, -0.05) is 36.4 Å². The Hall–Kier alpha value is -3.07. The lowest BCUT2D eigenvalue weighted by atomic mass is 9.83. The highest BCUT2D eigenvalue weighted by molar-refractivity contribution is 6.28. The highest BCUT2D eigenvalue weighted by Crippen LogP contribution is 2.30. The van der Waals surface area contributed by atoms with Crippen molar-refractivity contribution in [2.75, 3.05) is 0 Å². The summed E-state index contributed by atoms with van der Waals surface area (Å²) in [6.07, 6.45) is 3.44. The largest absolute Gasteiger partial charge is 0.289 e. The number of hydrogen-bond donors (Lipinski definition) is 0. The number of carbonyl (C=O) groups excluding carboxylic acids is 2. The number of rotatable bonds is 1. The van der Waals surface area contributed by atoms with Crippen LogP contribution in [0.3, 0.4) is 0 Å². The Balaban J connectivity index is 1.91. The normalized spacial score (nSPS) is 12.7. The van der Waals surface area contributed by atoms with E-state index in [4.69, 9.17) is 0 Å². The predicted octanol–water partition coefficient (Wildman–Crippen LogP) is 3.52. The molecular weight excluding hydrogens is 274 g/mol. The van der Waals surface area contributed by atoms with Crippen molar-refractivity contribution in [3.05, 3.63) is 89.2 Å². The Labute approximate surface area is 127 Å². The van der Waals surface area contributed by atoms with E-state index in [-0.39, 0.29) is 11.6 Å². The quantitative estimate of drug-likeness (QED) is 0.537. The standard InChI is InChI=1S/C19H11NO2/c21-18-14-5-1-2-6-15(14)19(22)17-10-12(7-8-16(17)18)13-4-3-9-20-11-13/h1-11H. The van der Waals surface area contributed by atoms with Crippen LogP contribution in [0.25, 0.3) is 11.1 Å². The molecule has 2 aromatic carbocycles. The molecular formula is C19H11NO2. The SMILES string of the molecule is O=C1c2ccccc2C(=O)c2cc(-c3cccnc3)ccc21. The molecule has 1 heterocycles. The summed E-state index contributed by atoms with van der Waals surface area (Å²) < 4.78 is 0. The Morgan fingerprint density at radius 2 is 1.32 bits per heavy atom. The summed E-state index contributed by atoms with van der Waals surface area (Å²) in [4.78, 5) is 29.3. The number of hydrogen-bond acceptors (Lipinski definition) is 3. The molecule has 3 heteroatoms. The summed E-state index contributed by atoms with van der Waals surface area (Å²) in [7, 11) is 0. The van der Waals surface area contributed by atoms with Crippen LogP contribution in [0, 0.1) is 0 Å². The molecule has 0 radical (unpaired) electrons. The molecule has 0 unspecified atom stereocenters. The number of ketones is 2. The van der Waals surface area contributed by atoms with Gasteiger partial charge in [-0.15, -0.1) is 0 Å². The predicted molar refractivity (Wildman–Crippen MR) is 83.0 cm³/mol. The molecule has 0 amide bonds. The molecule has 0 saturated heterocycles. The van der Waals surface area contributed by atoms with Crippen molar-refractivity contribution in [2.24, 2.45) is 0 Å². The maximum absolute atomic E-state index is 12.7. The van der Waals surface area contributed by atoms with Gasteiger partial charge >= 0.3 is 0 Å². The third kappa shape index (κ3) is 1.79. The van der Waals surface area contributed by atoms with Gasteiger partial charge in [-0.2, -0.15) is 0 Å². The average Bonchev–Trinajstić information content (AvgIpc) is 2.60. The van der Waals surface area contributed by atoms with E-state index in [1.165, 1.54) is 0 Å². The highest BCUT2D eigenvalue weighted by atomic mass is 16.1. The zero-order valence-corrected chi connectivity index (χ0v) is 11.6. The highest BCUT2D eigenvalue weighted by Gasteiger charge is 2.29. The van der Waals surface area contributed by atoms with Crippen LogP contribution >= 0.6 is 0 Å². The summed E-state index contributed by atoms with van der Waals surface area (Å²) in [5, 5.41) is 0. The Morgan fingerprint density at radius 3 is 2.00 bits per heavy atom. The third-order valence-corrected chi connectivity index (χ3v) is 3.92. The van der Waals surface area contributed by atoms with Crippen molar-refractivity contribution in [3.63, 3.8) is 0 Å². The smallest absolute Gasteiger partial charge is 0.194 e. The second-order valence-corrected chi connectivity index (χ2v) is 5.21. The molecule has 22 heavy (non-hydrogen) atoms. The van der Waals surface area contributed by atoms with Gasteiger partial charge in [0.05, 0.1) is 0 Å². The van der Waals surface area contributed by atoms with Gasteiger partial charge in [-0.25, -0.2) is 0 Å². The van der Waals surface area contributed by atoms with E-state index in [0.717, 1.165) is 11.1 Å². The number of fused-ring (bicyclic) bond motifs is 2. The first-order chi connectivity index (χ1) is 10.8. The van der Waals surface area contributed by atoms with Crippen LogP contribution in [0.5, 0.6) is 0 Å². The van der Waals surface area contributed by atoms with E-state index < -0.39 is 0 Å². The molecule has 3 aromatic rings. The molecule has 0 saturated carbocycles. The summed E-state index contributed by atoms with van der Waals surface area (Å²) >= 11 is 0. The maximum Gasteiger partial charge on any atom is 0.194 e. The zero-order chi connectivity index (χ0) is 15.1. The van der Waals surface area contributed by atoms with E-state index in [0.29, 0.717) is 22.3 Å². The van der Waals surface area contributed by atoms with Crippen LogP contribution in [0.1, 0.15) is 31.8 Å². The van der Waals surface area contributed by atoms with Gasteiger partial charge in [0, 0.05) is 40.2 Å². The molecule has 104 valence electrons. The number of carbonyl (C=O) groups is 2. The first-order valence-electron chi connectivity index (χ1n) is 6.98. The first kappa shape index (κ1) is 12.7. The number of benzene rings is 2.